The minimum atomic E-state index is 0.103. The average Bonchev–Trinajstić information content (AvgIpc) is 2.70. The minimum absolute atomic E-state index is 0.103. The fourth-order valence-corrected chi connectivity index (χ4v) is 3.85. The number of terminal acetylenes is 1. The highest BCUT2D eigenvalue weighted by atomic mass is 79.9. The summed E-state index contributed by atoms with van der Waals surface area (Å²) in [5.41, 5.74) is 0. The van der Waals surface area contributed by atoms with Gasteiger partial charge in [0.15, 0.2) is 0 Å². The summed E-state index contributed by atoms with van der Waals surface area (Å²) in [4.78, 5) is 17.1. The fraction of sp³-hybridized carbons (Fsp3) is 0.417. The lowest BCUT2D eigenvalue weighted by Gasteiger charge is -2.33. The standard InChI is InChI=1S/C12H12Br2N2OS/c1-2-3-15-4-6-16(7-5-15)12(17)10-8-9(13)11(14)18-10/h1,8H,3-7H2. The van der Waals surface area contributed by atoms with E-state index in [1.807, 2.05) is 11.0 Å². The largest absolute Gasteiger partial charge is 0.335 e. The van der Waals surface area contributed by atoms with Gasteiger partial charge in [-0.2, -0.15) is 0 Å². The predicted octanol–water partition coefficient (Wildman–Crippen LogP) is 2.66. The Hall–Kier alpha value is -0.350. The molecule has 1 amide bonds. The third-order valence-electron chi connectivity index (χ3n) is 2.83. The van der Waals surface area contributed by atoms with Crippen LogP contribution in [-0.2, 0) is 0 Å². The summed E-state index contributed by atoms with van der Waals surface area (Å²) in [6.45, 7) is 3.85. The number of nitrogens with zero attached hydrogens (tertiary/aromatic N) is 2. The molecule has 0 atom stereocenters. The molecule has 1 fully saturated rings. The Morgan fingerprint density at radius 2 is 2.06 bits per heavy atom. The second-order valence-corrected chi connectivity index (χ2v) is 7.23. The Bertz CT molecular complexity index is 467. The zero-order valence-electron chi connectivity index (χ0n) is 9.66. The molecule has 1 aromatic heterocycles. The summed E-state index contributed by atoms with van der Waals surface area (Å²) in [5.74, 6) is 2.74. The Morgan fingerprint density at radius 1 is 1.39 bits per heavy atom. The van der Waals surface area contributed by atoms with E-state index in [9.17, 15) is 4.79 Å². The van der Waals surface area contributed by atoms with E-state index in [0.717, 1.165) is 39.3 Å². The van der Waals surface area contributed by atoms with Gasteiger partial charge in [0.05, 0.1) is 15.2 Å². The fourth-order valence-electron chi connectivity index (χ4n) is 1.85. The van der Waals surface area contributed by atoms with Gasteiger partial charge >= 0.3 is 0 Å². The number of rotatable bonds is 2. The van der Waals surface area contributed by atoms with Crippen LogP contribution in [0.1, 0.15) is 9.67 Å². The second kappa shape index (κ2) is 6.20. The number of carbonyl (C=O) groups is 1. The number of piperazine rings is 1. The number of hydrogen-bond donors (Lipinski definition) is 0. The van der Waals surface area contributed by atoms with Crippen LogP contribution in [0.2, 0.25) is 0 Å². The molecule has 0 aliphatic carbocycles. The van der Waals surface area contributed by atoms with E-state index in [2.05, 4.69) is 42.7 Å². The van der Waals surface area contributed by atoms with Crippen LogP contribution in [0.25, 0.3) is 0 Å². The average molecular weight is 392 g/mol. The molecule has 18 heavy (non-hydrogen) atoms. The molecule has 1 saturated heterocycles. The van der Waals surface area contributed by atoms with Crippen molar-refractivity contribution in [2.24, 2.45) is 0 Å². The summed E-state index contributed by atoms with van der Waals surface area (Å²) in [6, 6.07) is 1.87. The molecule has 0 unspecified atom stereocenters. The maximum absolute atomic E-state index is 12.3. The van der Waals surface area contributed by atoms with Gasteiger partial charge in [0.25, 0.3) is 5.91 Å². The summed E-state index contributed by atoms with van der Waals surface area (Å²) < 4.78 is 1.89. The van der Waals surface area contributed by atoms with E-state index in [-0.39, 0.29) is 5.91 Å². The van der Waals surface area contributed by atoms with Crippen molar-refractivity contribution < 1.29 is 4.79 Å². The molecule has 6 heteroatoms. The summed E-state index contributed by atoms with van der Waals surface area (Å²) in [6.07, 6.45) is 5.28. The van der Waals surface area contributed by atoms with Crippen LogP contribution in [0.3, 0.4) is 0 Å². The molecule has 1 aromatic rings. The van der Waals surface area contributed by atoms with E-state index >= 15 is 0 Å². The summed E-state index contributed by atoms with van der Waals surface area (Å²) in [7, 11) is 0. The van der Waals surface area contributed by atoms with Crippen molar-refractivity contribution in [2.45, 2.75) is 0 Å². The summed E-state index contributed by atoms with van der Waals surface area (Å²) in [5, 5.41) is 0. The molecule has 1 aliphatic rings. The van der Waals surface area contributed by atoms with Gasteiger partial charge in [-0.05, 0) is 37.9 Å². The van der Waals surface area contributed by atoms with Crippen molar-refractivity contribution in [1.29, 1.82) is 0 Å². The molecular weight excluding hydrogens is 380 g/mol. The lowest BCUT2D eigenvalue weighted by molar-refractivity contribution is 0.0657. The van der Waals surface area contributed by atoms with Crippen LogP contribution in [0.15, 0.2) is 14.3 Å². The van der Waals surface area contributed by atoms with Gasteiger partial charge in [0.1, 0.15) is 0 Å². The Kier molecular flexibility index (Phi) is 4.84. The van der Waals surface area contributed by atoms with Crippen molar-refractivity contribution in [3.8, 4) is 12.3 Å². The zero-order chi connectivity index (χ0) is 13.1. The highest BCUT2D eigenvalue weighted by molar-refractivity contribution is 9.13. The lowest BCUT2D eigenvalue weighted by atomic mass is 10.3. The topological polar surface area (TPSA) is 23.6 Å². The van der Waals surface area contributed by atoms with Crippen molar-refractivity contribution in [2.75, 3.05) is 32.7 Å². The first-order valence-electron chi connectivity index (χ1n) is 5.51. The molecule has 1 aliphatic heterocycles. The molecule has 0 aromatic carbocycles. The van der Waals surface area contributed by atoms with Crippen LogP contribution < -0.4 is 0 Å². The normalized spacial score (nSPS) is 16.6. The van der Waals surface area contributed by atoms with Crippen molar-refractivity contribution in [3.63, 3.8) is 0 Å². The lowest BCUT2D eigenvalue weighted by Crippen LogP contribution is -2.48. The second-order valence-electron chi connectivity index (χ2n) is 4.00. The Balaban J connectivity index is 1.97. The number of thiophene rings is 1. The van der Waals surface area contributed by atoms with Gasteiger partial charge in [-0.15, -0.1) is 17.8 Å². The van der Waals surface area contributed by atoms with Crippen LogP contribution >= 0.6 is 43.2 Å². The molecular formula is C12H12Br2N2OS. The van der Waals surface area contributed by atoms with Crippen molar-refractivity contribution in [1.82, 2.24) is 9.80 Å². The van der Waals surface area contributed by atoms with Crippen LogP contribution in [0.5, 0.6) is 0 Å². The van der Waals surface area contributed by atoms with E-state index < -0.39 is 0 Å². The van der Waals surface area contributed by atoms with Gasteiger partial charge in [-0.1, -0.05) is 5.92 Å². The van der Waals surface area contributed by atoms with E-state index in [4.69, 9.17) is 6.42 Å². The van der Waals surface area contributed by atoms with Crippen LogP contribution in [-0.4, -0.2) is 48.4 Å². The molecule has 0 saturated carbocycles. The predicted molar refractivity (Wildman–Crippen MR) is 80.9 cm³/mol. The number of hydrogen-bond acceptors (Lipinski definition) is 3. The molecule has 2 heterocycles. The number of amides is 1. The van der Waals surface area contributed by atoms with Gasteiger partial charge in [-0.3, -0.25) is 9.69 Å². The summed E-state index contributed by atoms with van der Waals surface area (Å²) >= 11 is 8.27. The molecule has 0 N–H and O–H groups in total. The molecule has 2 rings (SSSR count). The number of halogens is 2. The van der Waals surface area contributed by atoms with Gasteiger partial charge in [0.2, 0.25) is 0 Å². The minimum Gasteiger partial charge on any atom is -0.335 e. The maximum Gasteiger partial charge on any atom is 0.264 e. The van der Waals surface area contributed by atoms with Gasteiger partial charge in [-0.25, -0.2) is 0 Å². The maximum atomic E-state index is 12.3. The van der Waals surface area contributed by atoms with E-state index in [0.29, 0.717) is 6.54 Å². The van der Waals surface area contributed by atoms with Crippen molar-refractivity contribution >= 4 is 49.1 Å². The third-order valence-corrected chi connectivity index (χ3v) is 6.07. The first-order valence-corrected chi connectivity index (χ1v) is 7.92. The smallest absolute Gasteiger partial charge is 0.264 e. The van der Waals surface area contributed by atoms with Crippen LogP contribution in [0.4, 0.5) is 0 Å². The zero-order valence-corrected chi connectivity index (χ0v) is 13.6. The van der Waals surface area contributed by atoms with Crippen LogP contribution in [0, 0.1) is 12.3 Å². The third kappa shape index (κ3) is 3.15. The van der Waals surface area contributed by atoms with Gasteiger partial charge in [0, 0.05) is 30.7 Å². The van der Waals surface area contributed by atoms with Crippen molar-refractivity contribution in [3.05, 3.63) is 19.2 Å². The quantitative estimate of drug-likeness (QED) is 0.723. The van der Waals surface area contributed by atoms with E-state index in [1.54, 1.807) is 0 Å². The molecule has 0 spiro atoms. The van der Waals surface area contributed by atoms with E-state index in [1.165, 1.54) is 11.3 Å². The highest BCUT2D eigenvalue weighted by Crippen LogP contribution is 2.33. The molecule has 3 nitrogen and oxygen atoms in total. The monoisotopic (exact) mass is 390 g/mol. The molecule has 0 radical (unpaired) electrons. The Labute approximate surface area is 127 Å². The number of carbonyl (C=O) groups excluding carboxylic acids is 1. The first kappa shape index (κ1) is 14.1. The van der Waals surface area contributed by atoms with Gasteiger partial charge < -0.3 is 4.90 Å². The Morgan fingerprint density at radius 3 is 2.56 bits per heavy atom. The first-order chi connectivity index (χ1) is 8.61. The SMILES string of the molecule is C#CCN1CCN(C(=O)c2cc(Br)c(Br)s2)CC1. The molecule has 0 bridgehead atoms. The highest BCUT2D eigenvalue weighted by Gasteiger charge is 2.23. The molecule has 96 valence electrons.